The first-order valence-electron chi connectivity index (χ1n) is 14.1. The number of carbonyl (C=O) groups excluding carboxylic acids is 1. The smallest absolute Gasteiger partial charge is 0.311 e. The van der Waals surface area contributed by atoms with E-state index >= 15 is 0 Å². The number of esters is 1. The van der Waals surface area contributed by atoms with Crippen LogP contribution in [0.4, 0.5) is 0 Å². The fourth-order valence-corrected chi connectivity index (χ4v) is 5.36. The van der Waals surface area contributed by atoms with Gasteiger partial charge in [0, 0.05) is 6.42 Å². The van der Waals surface area contributed by atoms with Gasteiger partial charge in [-0.15, -0.1) is 0 Å². The Bertz CT molecular complexity index is 813. The summed E-state index contributed by atoms with van der Waals surface area (Å²) in [5.74, 6) is 2.21. The predicted molar refractivity (Wildman–Crippen MR) is 144 cm³/mol. The van der Waals surface area contributed by atoms with E-state index in [1.165, 1.54) is 93.7 Å². The van der Waals surface area contributed by atoms with E-state index in [1.54, 1.807) is 0 Å². The first-order valence-corrected chi connectivity index (χ1v) is 14.1. The van der Waals surface area contributed by atoms with Gasteiger partial charge >= 0.3 is 5.97 Å². The summed E-state index contributed by atoms with van der Waals surface area (Å²) in [7, 11) is 0. The van der Waals surface area contributed by atoms with Crippen molar-refractivity contribution < 1.29 is 9.53 Å². The number of ether oxygens (including phenoxy) is 1. The molecule has 2 aromatic rings. The van der Waals surface area contributed by atoms with E-state index < -0.39 is 0 Å². The van der Waals surface area contributed by atoms with Crippen LogP contribution in [0.1, 0.15) is 122 Å². The van der Waals surface area contributed by atoms with Crippen molar-refractivity contribution in [2.45, 2.75) is 116 Å². The number of unbranched alkanes of at least 4 members (excludes halogenated alkanes) is 7. The highest BCUT2D eigenvalue weighted by molar-refractivity contribution is 5.73. The fraction of sp³-hybridized carbons (Fsp3) is 0.594. The second kappa shape index (κ2) is 15.0. The zero-order valence-corrected chi connectivity index (χ0v) is 21.7. The van der Waals surface area contributed by atoms with Crippen LogP contribution in [0, 0.1) is 5.92 Å². The molecule has 186 valence electrons. The average Bonchev–Trinajstić information content (AvgIpc) is 2.87. The Balaban J connectivity index is 1.43. The van der Waals surface area contributed by atoms with Crippen LogP contribution in [-0.2, 0) is 4.79 Å². The Morgan fingerprint density at radius 1 is 0.706 bits per heavy atom. The highest BCUT2D eigenvalue weighted by atomic mass is 16.5. The summed E-state index contributed by atoms with van der Waals surface area (Å²) in [6, 6.07) is 17.1. The quantitative estimate of drug-likeness (QED) is 0.159. The first-order chi connectivity index (χ1) is 16.7. The molecule has 2 aromatic carbocycles. The van der Waals surface area contributed by atoms with Crippen molar-refractivity contribution in [3.05, 3.63) is 54.1 Å². The van der Waals surface area contributed by atoms with E-state index in [4.69, 9.17) is 4.74 Å². The number of carbonyl (C=O) groups is 1. The molecule has 0 aliphatic heterocycles. The molecule has 34 heavy (non-hydrogen) atoms. The Labute approximate surface area is 208 Å². The summed E-state index contributed by atoms with van der Waals surface area (Å²) < 4.78 is 5.52. The van der Waals surface area contributed by atoms with Crippen LogP contribution in [0.2, 0.25) is 0 Å². The highest BCUT2D eigenvalue weighted by Crippen LogP contribution is 2.38. The van der Waals surface area contributed by atoms with Crippen LogP contribution < -0.4 is 4.74 Å². The van der Waals surface area contributed by atoms with Gasteiger partial charge in [0.2, 0.25) is 0 Å². The summed E-state index contributed by atoms with van der Waals surface area (Å²) in [5, 5.41) is 0. The molecule has 0 heterocycles. The van der Waals surface area contributed by atoms with Crippen LogP contribution in [0.15, 0.2) is 48.5 Å². The lowest BCUT2D eigenvalue weighted by Gasteiger charge is -2.29. The SMILES string of the molecule is CCCCCCCC(=O)Oc1ccc(-c2ccc(C3CCC(CCCCCC)CC3)cc2)cc1. The van der Waals surface area contributed by atoms with E-state index in [2.05, 4.69) is 50.2 Å². The number of benzene rings is 2. The highest BCUT2D eigenvalue weighted by Gasteiger charge is 2.22. The third kappa shape index (κ3) is 8.93. The van der Waals surface area contributed by atoms with Gasteiger partial charge in [-0.1, -0.05) is 108 Å². The van der Waals surface area contributed by atoms with Gasteiger partial charge in [-0.3, -0.25) is 4.79 Å². The molecule has 0 saturated heterocycles. The first kappa shape index (κ1) is 26.5. The average molecular weight is 463 g/mol. The largest absolute Gasteiger partial charge is 0.427 e. The minimum absolute atomic E-state index is 0.121. The molecule has 2 nitrogen and oxygen atoms in total. The van der Waals surface area contributed by atoms with E-state index in [0.29, 0.717) is 12.2 Å². The van der Waals surface area contributed by atoms with Crippen molar-refractivity contribution in [3.8, 4) is 16.9 Å². The molecule has 1 aliphatic carbocycles. The van der Waals surface area contributed by atoms with Crippen molar-refractivity contribution in [2.75, 3.05) is 0 Å². The molecule has 0 N–H and O–H groups in total. The molecule has 1 saturated carbocycles. The third-order valence-corrected chi connectivity index (χ3v) is 7.60. The van der Waals surface area contributed by atoms with Gasteiger partial charge in [0.25, 0.3) is 0 Å². The van der Waals surface area contributed by atoms with Crippen molar-refractivity contribution in [1.82, 2.24) is 0 Å². The topological polar surface area (TPSA) is 26.3 Å². The second-order valence-electron chi connectivity index (χ2n) is 10.4. The molecule has 3 rings (SSSR count). The molecule has 1 aliphatic rings. The zero-order valence-electron chi connectivity index (χ0n) is 21.7. The normalized spacial score (nSPS) is 18.1. The molecule has 0 radical (unpaired) electrons. The van der Waals surface area contributed by atoms with Crippen LogP contribution in [0.25, 0.3) is 11.1 Å². The van der Waals surface area contributed by atoms with Gasteiger partial charge in [-0.25, -0.2) is 0 Å². The molecule has 0 bridgehead atoms. The van der Waals surface area contributed by atoms with Gasteiger partial charge < -0.3 is 4.74 Å². The van der Waals surface area contributed by atoms with Crippen molar-refractivity contribution in [3.63, 3.8) is 0 Å². The molecular weight excluding hydrogens is 416 g/mol. The fourth-order valence-electron chi connectivity index (χ4n) is 5.36. The van der Waals surface area contributed by atoms with Crippen molar-refractivity contribution in [1.29, 1.82) is 0 Å². The van der Waals surface area contributed by atoms with Crippen LogP contribution in [-0.4, -0.2) is 5.97 Å². The van der Waals surface area contributed by atoms with Crippen LogP contribution >= 0.6 is 0 Å². The summed E-state index contributed by atoms with van der Waals surface area (Å²) >= 11 is 0. The lowest BCUT2D eigenvalue weighted by molar-refractivity contribution is -0.134. The minimum atomic E-state index is -0.121. The minimum Gasteiger partial charge on any atom is -0.427 e. The number of hydrogen-bond donors (Lipinski definition) is 0. The Morgan fingerprint density at radius 2 is 1.26 bits per heavy atom. The third-order valence-electron chi connectivity index (χ3n) is 7.60. The molecule has 2 heteroatoms. The summed E-state index contributed by atoms with van der Waals surface area (Å²) in [6.45, 7) is 4.49. The maximum absolute atomic E-state index is 12.1. The van der Waals surface area contributed by atoms with Gasteiger partial charge in [-0.2, -0.15) is 0 Å². The van der Waals surface area contributed by atoms with E-state index in [-0.39, 0.29) is 5.97 Å². The van der Waals surface area contributed by atoms with E-state index in [9.17, 15) is 4.79 Å². The van der Waals surface area contributed by atoms with Crippen molar-refractivity contribution in [2.24, 2.45) is 5.92 Å². The molecule has 0 atom stereocenters. The number of hydrogen-bond acceptors (Lipinski definition) is 2. The standard InChI is InChI=1S/C32H46O2/c1-3-5-7-9-11-13-32(33)34-31-24-22-30(23-25-31)29-20-18-28(19-21-29)27-16-14-26(15-17-27)12-10-8-6-4-2/h18-27H,3-17H2,1-2H3. The Hall–Kier alpha value is -2.09. The summed E-state index contributed by atoms with van der Waals surface area (Å²) in [4.78, 5) is 12.1. The maximum atomic E-state index is 12.1. The van der Waals surface area contributed by atoms with Gasteiger partial charge in [0.1, 0.15) is 5.75 Å². The predicted octanol–water partition coefficient (Wildman–Crippen LogP) is 9.86. The van der Waals surface area contributed by atoms with Gasteiger partial charge in [0.15, 0.2) is 0 Å². The molecule has 0 amide bonds. The molecule has 1 fully saturated rings. The number of rotatable bonds is 14. The lowest BCUT2D eigenvalue weighted by Crippen LogP contribution is -2.13. The molecule has 0 aromatic heterocycles. The van der Waals surface area contributed by atoms with E-state index in [0.717, 1.165) is 24.7 Å². The van der Waals surface area contributed by atoms with Crippen LogP contribution in [0.5, 0.6) is 5.75 Å². The summed E-state index contributed by atoms with van der Waals surface area (Å²) in [6.07, 6.45) is 18.7. The lowest BCUT2D eigenvalue weighted by atomic mass is 9.77. The Kier molecular flexibility index (Phi) is 11.7. The second-order valence-corrected chi connectivity index (χ2v) is 10.4. The Morgan fingerprint density at radius 3 is 1.88 bits per heavy atom. The molecule has 0 spiro atoms. The molecule has 0 unspecified atom stereocenters. The summed E-state index contributed by atoms with van der Waals surface area (Å²) in [5.41, 5.74) is 3.89. The van der Waals surface area contributed by atoms with Gasteiger partial charge in [-0.05, 0) is 72.8 Å². The maximum Gasteiger partial charge on any atom is 0.311 e. The van der Waals surface area contributed by atoms with Crippen molar-refractivity contribution >= 4 is 5.97 Å². The molecular formula is C32H46O2. The van der Waals surface area contributed by atoms with Gasteiger partial charge in [0.05, 0.1) is 0 Å². The van der Waals surface area contributed by atoms with Crippen LogP contribution in [0.3, 0.4) is 0 Å². The van der Waals surface area contributed by atoms with E-state index in [1.807, 2.05) is 12.1 Å². The monoisotopic (exact) mass is 462 g/mol. The zero-order chi connectivity index (χ0) is 24.0.